The molecule has 0 spiro atoms. The molecule has 1 heterocycles. The van der Waals surface area contributed by atoms with Gasteiger partial charge in [0.15, 0.2) is 0 Å². The summed E-state index contributed by atoms with van der Waals surface area (Å²) in [6.07, 6.45) is 3.29. The fourth-order valence-electron chi connectivity index (χ4n) is 2.07. The van der Waals surface area contributed by atoms with E-state index < -0.39 is 0 Å². The van der Waals surface area contributed by atoms with Crippen LogP contribution in [0.2, 0.25) is 0 Å². The van der Waals surface area contributed by atoms with Crippen molar-refractivity contribution in [1.82, 2.24) is 4.57 Å². The number of nitrogens with two attached hydrogens (primary N) is 1. The zero-order chi connectivity index (χ0) is 13.0. The van der Waals surface area contributed by atoms with Gasteiger partial charge in [-0.3, -0.25) is 4.79 Å². The molecule has 0 aliphatic rings. The lowest BCUT2D eigenvalue weighted by Gasteiger charge is -2.05. The van der Waals surface area contributed by atoms with Crippen LogP contribution < -0.4 is 5.73 Å². The van der Waals surface area contributed by atoms with Crippen molar-refractivity contribution in [2.24, 2.45) is 5.73 Å². The predicted octanol–water partition coefficient (Wildman–Crippen LogP) is 2.05. The van der Waals surface area contributed by atoms with E-state index in [2.05, 4.69) is 27.5 Å². The Balaban J connectivity index is 2.07. The van der Waals surface area contributed by atoms with Crippen LogP contribution in [-0.4, -0.2) is 17.6 Å². The minimum Gasteiger partial charge on any atom is -0.469 e. The summed E-state index contributed by atoms with van der Waals surface area (Å²) in [6.45, 7) is 1.38. The Kier molecular flexibility index (Phi) is 3.99. The number of fused-ring (bicyclic) bond motifs is 1. The molecule has 0 saturated heterocycles. The van der Waals surface area contributed by atoms with E-state index in [4.69, 9.17) is 5.73 Å². The molecule has 4 heteroatoms. The van der Waals surface area contributed by atoms with Gasteiger partial charge in [-0.1, -0.05) is 6.07 Å². The van der Waals surface area contributed by atoms with Crippen LogP contribution in [0.4, 0.5) is 0 Å². The molecule has 0 aliphatic carbocycles. The minimum atomic E-state index is -0.156. The van der Waals surface area contributed by atoms with E-state index in [9.17, 15) is 4.79 Å². The number of benzene rings is 1. The third kappa shape index (κ3) is 2.71. The van der Waals surface area contributed by atoms with Gasteiger partial charge in [-0.15, -0.1) is 0 Å². The highest BCUT2D eigenvalue weighted by Gasteiger charge is 2.04. The van der Waals surface area contributed by atoms with Crippen molar-refractivity contribution < 1.29 is 9.53 Å². The van der Waals surface area contributed by atoms with Crippen molar-refractivity contribution in [3.63, 3.8) is 0 Å². The minimum absolute atomic E-state index is 0.156. The SMILES string of the molecule is COC(=O)CCCn1ccc2cc(CN)ccc21. The van der Waals surface area contributed by atoms with Gasteiger partial charge in [0.25, 0.3) is 0 Å². The van der Waals surface area contributed by atoms with Crippen molar-refractivity contribution in [3.8, 4) is 0 Å². The highest BCUT2D eigenvalue weighted by molar-refractivity contribution is 5.80. The monoisotopic (exact) mass is 246 g/mol. The van der Waals surface area contributed by atoms with Crippen LogP contribution in [-0.2, 0) is 22.6 Å². The Labute approximate surface area is 106 Å². The molecule has 96 valence electrons. The number of carbonyl (C=O) groups excluding carboxylic acids is 1. The molecule has 0 fully saturated rings. The molecule has 0 radical (unpaired) electrons. The second-order valence-electron chi connectivity index (χ2n) is 4.29. The molecule has 0 bridgehead atoms. The Bertz CT molecular complexity index is 546. The normalized spacial score (nSPS) is 10.8. The molecular formula is C14H18N2O2. The summed E-state index contributed by atoms with van der Waals surface area (Å²) in [5, 5.41) is 1.19. The molecular weight excluding hydrogens is 228 g/mol. The van der Waals surface area contributed by atoms with E-state index in [0.717, 1.165) is 18.5 Å². The molecule has 18 heavy (non-hydrogen) atoms. The number of aromatic nitrogens is 1. The summed E-state index contributed by atoms with van der Waals surface area (Å²) in [7, 11) is 1.42. The quantitative estimate of drug-likeness (QED) is 0.821. The second-order valence-corrected chi connectivity index (χ2v) is 4.29. The standard InChI is InChI=1S/C14H18N2O2/c1-18-14(17)3-2-7-16-8-6-12-9-11(10-15)4-5-13(12)16/h4-6,8-9H,2-3,7,10,15H2,1H3. The average Bonchev–Trinajstić information content (AvgIpc) is 2.81. The molecule has 2 aromatic rings. The Morgan fingerprint density at radius 3 is 2.94 bits per heavy atom. The van der Waals surface area contributed by atoms with E-state index in [0.29, 0.717) is 13.0 Å². The molecule has 4 nitrogen and oxygen atoms in total. The Morgan fingerprint density at radius 2 is 2.22 bits per heavy atom. The largest absolute Gasteiger partial charge is 0.469 e. The van der Waals surface area contributed by atoms with Gasteiger partial charge < -0.3 is 15.0 Å². The zero-order valence-corrected chi connectivity index (χ0v) is 10.6. The third-order valence-corrected chi connectivity index (χ3v) is 3.08. The number of esters is 1. The number of methoxy groups -OCH3 is 1. The number of ether oxygens (including phenoxy) is 1. The first-order valence-electron chi connectivity index (χ1n) is 6.09. The summed E-state index contributed by atoms with van der Waals surface area (Å²) >= 11 is 0. The van der Waals surface area contributed by atoms with Gasteiger partial charge in [-0.25, -0.2) is 0 Å². The van der Waals surface area contributed by atoms with Crippen LogP contribution in [0.3, 0.4) is 0 Å². The number of rotatable bonds is 5. The van der Waals surface area contributed by atoms with Gasteiger partial charge in [-0.05, 0) is 35.6 Å². The lowest BCUT2D eigenvalue weighted by molar-refractivity contribution is -0.140. The van der Waals surface area contributed by atoms with Gasteiger partial charge >= 0.3 is 5.97 Å². The molecule has 0 aliphatic heterocycles. The molecule has 1 aromatic heterocycles. The first-order valence-corrected chi connectivity index (χ1v) is 6.09. The molecule has 1 aromatic carbocycles. The van der Waals surface area contributed by atoms with Crippen LogP contribution in [0.15, 0.2) is 30.5 Å². The Hall–Kier alpha value is -1.81. The van der Waals surface area contributed by atoms with Crippen molar-refractivity contribution >= 4 is 16.9 Å². The van der Waals surface area contributed by atoms with Crippen molar-refractivity contribution in [1.29, 1.82) is 0 Å². The number of carbonyl (C=O) groups is 1. The predicted molar refractivity (Wildman–Crippen MR) is 71.1 cm³/mol. The highest BCUT2D eigenvalue weighted by Crippen LogP contribution is 2.18. The first kappa shape index (κ1) is 12.6. The summed E-state index contributed by atoms with van der Waals surface area (Å²) in [5.41, 5.74) is 7.93. The van der Waals surface area contributed by atoms with Crippen molar-refractivity contribution in [2.45, 2.75) is 25.9 Å². The summed E-state index contributed by atoms with van der Waals surface area (Å²) < 4.78 is 6.78. The van der Waals surface area contributed by atoms with Crippen molar-refractivity contribution in [3.05, 3.63) is 36.0 Å². The third-order valence-electron chi connectivity index (χ3n) is 3.08. The number of hydrogen-bond acceptors (Lipinski definition) is 3. The van der Waals surface area contributed by atoms with E-state index in [1.807, 2.05) is 12.3 Å². The van der Waals surface area contributed by atoms with Gasteiger partial charge in [0.2, 0.25) is 0 Å². The number of aryl methyl sites for hydroxylation is 1. The Morgan fingerprint density at radius 1 is 1.39 bits per heavy atom. The molecule has 0 atom stereocenters. The lowest BCUT2D eigenvalue weighted by Crippen LogP contribution is -2.03. The molecule has 2 rings (SSSR count). The fourth-order valence-corrected chi connectivity index (χ4v) is 2.07. The van der Waals surface area contributed by atoms with Crippen LogP contribution >= 0.6 is 0 Å². The van der Waals surface area contributed by atoms with E-state index in [-0.39, 0.29) is 5.97 Å². The molecule has 0 unspecified atom stereocenters. The van der Waals surface area contributed by atoms with Crippen LogP contribution in [0.1, 0.15) is 18.4 Å². The first-order chi connectivity index (χ1) is 8.74. The maximum Gasteiger partial charge on any atom is 0.305 e. The van der Waals surface area contributed by atoms with E-state index in [1.54, 1.807) is 0 Å². The highest BCUT2D eigenvalue weighted by atomic mass is 16.5. The van der Waals surface area contributed by atoms with E-state index >= 15 is 0 Å². The van der Waals surface area contributed by atoms with Crippen LogP contribution in [0.5, 0.6) is 0 Å². The van der Waals surface area contributed by atoms with Gasteiger partial charge in [0.1, 0.15) is 0 Å². The number of nitrogens with zero attached hydrogens (tertiary/aromatic N) is 1. The zero-order valence-electron chi connectivity index (χ0n) is 10.6. The molecule has 2 N–H and O–H groups in total. The summed E-state index contributed by atoms with van der Waals surface area (Å²) in [4.78, 5) is 11.0. The van der Waals surface area contributed by atoms with Crippen molar-refractivity contribution in [2.75, 3.05) is 7.11 Å². The summed E-state index contributed by atoms with van der Waals surface area (Å²) in [5.74, 6) is -0.156. The van der Waals surface area contributed by atoms with Gasteiger partial charge in [-0.2, -0.15) is 0 Å². The smallest absolute Gasteiger partial charge is 0.305 e. The van der Waals surface area contributed by atoms with Gasteiger partial charge in [0.05, 0.1) is 7.11 Å². The summed E-state index contributed by atoms with van der Waals surface area (Å²) in [6, 6.07) is 8.30. The van der Waals surface area contributed by atoms with E-state index in [1.165, 1.54) is 18.0 Å². The molecule has 0 amide bonds. The molecule has 0 saturated carbocycles. The van der Waals surface area contributed by atoms with Crippen LogP contribution in [0, 0.1) is 0 Å². The maximum absolute atomic E-state index is 11.0. The van der Waals surface area contributed by atoms with Crippen LogP contribution in [0.25, 0.3) is 10.9 Å². The average molecular weight is 246 g/mol. The van der Waals surface area contributed by atoms with Gasteiger partial charge in [0, 0.05) is 31.2 Å². The maximum atomic E-state index is 11.0. The number of hydrogen-bond donors (Lipinski definition) is 1. The second kappa shape index (κ2) is 5.69. The topological polar surface area (TPSA) is 57.2 Å². The fraction of sp³-hybridized carbons (Fsp3) is 0.357. The lowest BCUT2D eigenvalue weighted by atomic mass is 10.1.